The van der Waals surface area contributed by atoms with Crippen LogP contribution in [0.4, 0.5) is 0 Å². The first-order chi connectivity index (χ1) is 6.32. The van der Waals surface area contributed by atoms with Crippen LogP contribution in [0.2, 0.25) is 0 Å². The predicted molar refractivity (Wildman–Crippen MR) is 53.0 cm³/mol. The van der Waals surface area contributed by atoms with Gasteiger partial charge in [0.2, 0.25) is 0 Å². The minimum absolute atomic E-state index is 0.271. The first kappa shape index (κ1) is 7.97. The van der Waals surface area contributed by atoms with Gasteiger partial charge in [-0.25, -0.2) is 0 Å². The number of hydrogen-bond donors (Lipinski definition) is 1. The fourth-order valence-electron chi connectivity index (χ4n) is 2.37. The normalized spacial score (nSPS) is 29.8. The van der Waals surface area contributed by atoms with Gasteiger partial charge in [0.25, 0.3) is 0 Å². The Bertz CT molecular complexity index is 329. The molecule has 3 heteroatoms. The molecule has 1 atom stereocenters. The van der Waals surface area contributed by atoms with E-state index in [0.29, 0.717) is 5.41 Å². The highest BCUT2D eigenvalue weighted by Gasteiger charge is 2.45. The summed E-state index contributed by atoms with van der Waals surface area (Å²) in [5, 5.41) is 2.16. The smallest absolute Gasteiger partial charge is 0.0593 e. The third-order valence-electron chi connectivity index (χ3n) is 3.27. The van der Waals surface area contributed by atoms with Gasteiger partial charge in [0.15, 0.2) is 0 Å². The van der Waals surface area contributed by atoms with E-state index in [1.807, 2.05) is 11.3 Å². The van der Waals surface area contributed by atoms with Crippen LogP contribution in [0.25, 0.3) is 0 Å². The van der Waals surface area contributed by atoms with E-state index in [0.717, 1.165) is 19.6 Å². The second-order valence-corrected chi connectivity index (χ2v) is 5.04. The van der Waals surface area contributed by atoms with Crippen molar-refractivity contribution >= 4 is 11.3 Å². The van der Waals surface area contributed by atoms with Gasteiger partial charge in [-0.1, -0.05) is 0 Å². The molecule has 0 radical (unpaired) electrons. The van der Waals surface area contributed by atoms with Crippen molar-refractivity contribution < 1.29 is 4.74 Å². The molecule has 1 saturated heterocycles. The fourth-order valence-corrected chi connectivity index (χ4v) is 3.54. The third kappa shape index (κ3) is 0.951. The molecule has 1 unspecified atom stereocenters. The summed E-state index contributed by atoms with van der Waals surface area (Å²) in [6.07, 6.45) is 2.33. The van der Waals surface area contributed by atoms with Gasteiger partial charge in [-0.05, 0) is 29.9 Å². The van der Waals surface area contributed by atoms with E-state index in [-0.39, 0.29) is 6.04 Å². The summed E-state index contributed by atoms with van der Waals surface area (Å²) in [6.45, 7) is 1.82. The van der Waals surface area contributed by atoms with Crippen LogP contribution in [0.15, 0.2) is 11.4 Å². The molecular formula is C10H13NOS. The highest BCUT2D eigenvalue weighted by Crippen LogP contribution is 2.47. The molecule has 2 heterocycles. The third-order valence-corrected chi connectivity index (χ3v) is 4.44. The standard InChI is InChI=1S/C10H13NOS/c11-8-1-3-10(5-12-6-10)9-7(8)2-4-13-9/h2,4,8H,1,3,5-6,11H2. The number of ether oxygens (including phenoxy) is 1. The predicted octanol–water partition coefficient (Wildman–Crippen LogP) is 1.81. The maximum atomic E-state index is 6.06. The number of hydrogen-bond acceptors (Lipinski definition) is 3. The van der Waals surface area contributed by atoms with E-state index in [9.17, 15) is 0 Å². The molecule has 2 N–H and O–H groups in total. The largest absolute Gasteiger partial charge is 0.379 e. The van der Waals surface area contributed by atoms with Crippen molar-refractivity contribution in [3.8, 4) is 0 Å². The van der Waals surface area contributed by atoms with E-state index in [1.165, 1.54) is 16.9 Å². The summed E-state index contributed by atoms with van der Waals surface area (Å²) < 4.78 is 5.34. The Kier molecular flexibility index (Phi) is 1.57. The van der Waals surface area contributed by atoms with Crippen molar-refractivity contribution in [3.63, 3.8) is 0 Å². The van der Waals surface area contributed by atoms with Crippen LogP contribution in [0.3, 0.4) is 0 Å². The van der Waals surface area contributed by atoms with Gasteiger partial charge in [0, 0.05) is 10.9 Å². The Morgan fingerprint density at radius 2 is 2.38 bits per heavy atom. The summed E-state index contributed by atoms with van der Waals surface area (Å²) in [7, 11) is 0. The summed E-state index contributed by atoms with van der Waals surface area (Å²) in [5.41, 5.74) is 7.79. The van der Waals surface area contributed by atoms with E-state index < -0.39 is 0 Å². The van der Waals surface area contributed by atoms with Gasteiger partial charge in [-0.3, -0.25) is 0 Å². The van der Waals surface area contributed by atoms with Crippen molar-refractivity contribution in [3.05, 3.63) is 21.9 Å². The lowest BCUT2D eigenvalue weighted by Gasteiger charge is -2.45. The monoisotopic (exact) mass is 195 g/mol. The van der Waals surface area contributed by atoms with Crippen molar-refractivity contribution in [2.45, 2.75) is 24.3 Å². The minimum Gasteiger partial charge on any atom is -0.379 e. The van der Waals surface area contributed by atoms with Crippen LogP contribution >= 0.6 is 11.3 Å². The first-order valence-corrected chi connectivity index (χ1v) is 5.61. The number of fused-ring (bicyclic) bond motifs is 2. The molecule has 2 nitrogen and oxygen atoms in total. The maximum Gasteiger partial charge on any atom is 0.0593 e. The van der Waals surface area contributed by atoms with Crippen molar-refractivity contribution in [1.29, 1.82) is 0 Å². The van der Waals surface area contributed by atoms with Crippen LogP contribution in [-0.2, 0) is 10.2 Å². The fraction of sp³-hybridized carbons (Fsp3) is 0.600. The molecule has 1 fully saturated rings. The quantitative estimate of drug-likeness (QED) is 0.685. The zero-order chi connectivity index (χ0) is 8.89. The second-order valence-electron chi connectivity index (χ2n) is 4.12. The molecule has 0 amide bonds. The average molecular weight is 195 g/mol. The Morgan fingerprint density at radius 3 is 3.08 bits per heavy atom. The minimum atomic E-state index is 0.271. The Labute approximate surface area is 81.7 Å². The number of thiophene rings is 1. The molecule has 0 saturated carbocycles. The molecule has 2 aliphatic rings. The molecule has 1 aliphatic carbocycles. The average Bonchev–Trinajstić information content (AvgIpc) is 2.51. The molecule has 1 aromatic heterocycles. The van der Waals surface area contributed by atoms with Crippen LogP contribution < -0.4 is 5.73 Å². The zero-order valence-electron chi connectivity index (χ0n) is 7.45. The Balaban J connectivity index is 2.09. The maximum absolute atomic E-state index is 6.06. The zero-order valence-corrected chi connectivity index (χ0v) is 8.27. The second kappa shape index (κ2) is 2.56. The topological polar surface area (TPSA) is 35.2 Å². The Hall–Kier alpha value is -0.380. The molecule has 1 aliphatic heterocycles. The van der Waals surface area contributed by atoms with E-state index in [2.05, 4.69) is 11.4 Å². The van der Waals surface area contributed by atoms with Gasteiger partial charge in [-0.15, -0.1) is 11.3 Å². The lowest BCUT2D eigenvalue weighted by Crippen LogP contribution is -2.49. The highest BCUT2D eigenvalue weighted by molar-refractivity contribution is 7.10. The molecule has 0 aromatic carbocycles. The Morgan fingerprint density at radius 1 is 1.54 bits per heavy atom. The van der Waals surface area contributed by atoms with Crippen LogP contribution in [0.5, 0.6) is 0 Å². The van der Waals surface area contributed by atoms with Gasteiger partial charge in [0.05, 0.1) is 18.6 Å². The number of nitrogens with two attached hydrogens (primary N) is 1. The van der Waals surface area contributed by atoms with E-state index in [1.54, 1.807) is 0 Å². The van der Waals surface area contributed by atoms with E-state index >= 15 is 0 Å². The molecule has 1 aromatic rings. The van der Waals surface area contributed by atoms with Gasteiger partial charge in [0.1, 0.15) is 0 Å². The molecule has 70 valence electrons. The lowest BCUT2D eigenvalue weighted by molar-refractivity contribution is -0.0676. The molecular weight excluding hydrogens is 182 g/mol. The molecule has 3 rings (SSSR count). The SMILES string of the molecule is NC1CCC2(COC2)c2sccc21. The first-order valence-electron chi connectivity index (χ1n) is 4.73. The van der Waals surface area contributed by atoms with Crippen molar-refractivity contribution in [2.24, 2.45) is 5.73 Å². The summed E-state index contributed by atoms with van der Waals surface area (Å²) in [4.78, 5) is 1.50. The summed E-state index contributed by atoms with van der Waals surface area (Å²) in [5.74, 6) is 0. The number of rotatable bonds is 0. The lowest BCUT2D eigenvalue weighted by atomic mass is 9.72. The van der Waals surface area contributed by atoms with Gasteiger partial charge in [-0.2, -0.15) is 0 Å². The highest BCUT2D eigenvalue weighted by atomic mass is 32.1. The summed E-state index contributed by atoms with van der Waals surface area (Å²) in [6, 6.07) is 2.46. The summed E-state index contributed by atoms with van der Waals surface area (Å²) >= 11 is 1.85. The van der Waals surface area contributed by atoms with Crippen molar-refractivity contribution in [1.82, 2.24) is 0 Å². The van der Waals surface area contributed by atoms with Crippen LogP contribution in [-0.4, -0.2) is 13.2 Å². The van der Waals surface area contributed by atoms with Gasteiger partial charge < -0.3 is 10.5 Å². The molecule has 13 heavy (non-hydrogen) atoms. The van der Waals surface area contributed by atoms with Crippen molar-refractivity contribution in [2.75, 3.05) is 13.2 Å². The van der Waals surface area contributed by atoms with Gasteiger partial charge >= 0.3 is 0 Å². The van der Waals surface area contributed by atoms with Crippen LogP contribution in [0, 0.1) is 0 Å². The van der Waals surface area contributed by atoms with Crippen LogP contribution in [0.1, 0.15) is 29.3 Å². The van der Waals surface area contributed by atoms with E-state index in [4.69, 9.17) is 10.5 Å². The molecule has 1 spiro atoms. The molecule has 0 bridgehead atoms.